The zero-order valence-electron chi connectivity index (χ0n) is 23.3. The summed E-state index contributed by atoms with van der Waals surface area (Å²) in [7, 11) is 0. The molecule has 1 aromatic heterocycles. The first-order chi connectivity index (χ1) is 17.1. The summed E-state index contributed by atoms with van der Waals surface area (Å²) < 4.78 is 16.3. The smallest absolute Gasteiger partial charge is 0.412 e. The van der Waals surface area contributed by atoms with Crippen LogP contribution < -0.4 is 5.32 Å². The van der Waals surface area contributed by atoms with Crippen LogP contribution in [0, 0.1) is 6.92 Å². The summed E-state index contributed by atoms with van der Waals surface area (Å²) in [5.74, 6) is -1.10. The lowest BCUT2D eigenvalue weighted by atomic mass is 10.1. The van der Waals surface area contributed by atoms with Crippen LogP contribution in [-0.2, 0) is 14.2 Å². The summed E-state index contributed by atoms with van der Waals surface area (Å²) in [5.41, 5.74) is -0.120. The average molecular weight is 526 g/mol. The van der Waals surface area contributed by atoms with E-state index in [2.05, 4.69) is 19.2 Å². The van der Waals surface area contributed by atoms with Crippen LogP contribution in [0.2, 0.25) is 0 Å². The van der Waals surface area contributed by atoms with Crippen molar-refractivity contribution in [2.75, 3.05) is 18.5 Å². The lowest BCUT2D eigenvalue weighted by Gasteiger charge is -2.20. The maximum absolute atomic E-state index is 12.9. The molecule has 7 nitrogen and oxygen atoms in total. The van der Waals surface area contributed by atoms with Gasteiger partial charge in [-0.05, 0) is 46.1 Å². The largest absolute Gasteiger partial charge is 0.462 e. The van der Waals surface area contributed by atoms with Crippen molar-refractivity contribution >= 4 is 34.4 Å². The van der Waals surface area contributed by atoms with Gasteiger partial charge in [0.05, 0.1) is 18.8 Å². The molecule has 0 saturated carbocycles. The van der Waals surface area contributed by atoms with Gasteiger partial charge in [0, 0.05) is 0 Å². The number of unbranched alkanes of at least 4 members (excludes halogenated alkanes) is 10. The minimum atomic E-state index is -0.723. The first-order valence-electron chi connectivity index (χ1n) is 13.6. The Morgan fingerprint density at radius 3 is 1.78 bits per heavy atom. The third kappa shape index (κ3) is 12.7. The summed E-state index contributed by atoms with van der Waals surface area (Å²) in [5, 5.41) is 2.89. The number of esters is 2. The molecule has 1 heterocycles. The lowest BCUT2D eigenvalue weighted by molar-refractivity contribution is 0.00705. The zero-order valence-corrected chi connectivity index (χ0v) is 24.1. The second-order valence-corrected chi connectivity index (χ2v) is 11.2. The van der Waals surface area contributed by atoms with Crippen LogP contribution in [0.5, 0.6) is 0 Å². The highest BCUT2D eigenvalue weighted by Gasteiger charge is 2.30. The Balaban J connectivity index is 2.79. The Labute approximate surface area is 221 Å². The van der Waals surface area contributed by atoms with Gasteiger partial charge in [0.25, 0.3) is 0 Å². The van der Waals surface area contributed by atoms with E-state index in [1.807, 2.05) is 0 Å². The third-order valence-corrected chi connectivity index (χ3v) is 6.80. The van der Waals surface area contributed by atoms with Crippen LogP contribution in [0.1, 0.15) is 137 Å². The summed E-state index contributed by atoms with van der Waals surface area (Å²) in [6.45, 7) is 12.0. The molecule has 0 aliphatic rings. The fourth-order valence-corrected chi connectivity index (χ4v) is 4.73. The van der Waals surface area contributed by atoms with Crippen molar-refractivity contribution in [2.45, 2.75) is 124 Å². The predicted molar refractivity (Wildman–Crippen MR) is 146 cm³/mol. The number of anilines is 1. The molecule has 1 amide bonds. The Hall–Kier alpha value is -2.09. The molecule has 0 unspecified atom stereocenters. The zero-order chi connectivity index (χ0) is 27.0. The summed E-state index contributed by atoms with van der Waals surface area (Å²) in [6, 6.07) is 0. The summed E-state index contributed by atoms with van der Waals surface area (Å²) in [4.78, 5) is 38.4. The van der Waals surface area contributed by atoms with E-state index in [9.17, 15) is 14.4 Å². The van der Waals surface area contributed by atoms with Crippen molar-refractivity contribution < 1.29 is 28.6 Å². The van der Waals surface area contributed by atoms with Crippen molar-refractivity contribution in [2.24, 2.45) is 0 Å². The lowest BCUT2D eigenvalue weighted by Crippen LogP contribution is -2.25. The van der Waals surface area contributed by atoms with E-state index in [4.69, 9.17) is 14.2 Å². The topological polar surface area (TPSA) is 90.9 Å². The maximum Gasteiger partial charge on any atom is 0.412 e. The van der Waals surface area contributed by atoms with Crippen molar-refractivity contribution in [1.29, 1.82) is 0 Å². The molecule has 0 atom stereocenters. The number of carbonyl (C=O) groups is 3. The number of nitrogens with one attached hydrogen (secondary N) is 1. The van der Waals surface area contributed by atoms with Gasteiger partial charge >= 0.3 is 18.0 Å². The molecule has 1 rings (SSSR count). The van der Waals surface area contributed by atoms with Gasteiger partial charge in [0.2, 0.25) is 0 Å². The van der Waals surface area contributed by atoms with Gasteiger partial charge in [-0.1, -0.05) is 78.1 Å². The van der Waals surface area contributed by atoms with Crippen LogP contribution in [0.4, 0.5) is 9.80 Å². The number of hydrogen-bond acceptors (Lipinski definition) is 7. The molecule has 206 valence electrons. The molecular formula is C28H47NO6S. The van der Waals surface area contributed by atoms with Crippen LogP contribution >= 0.6 is 11.3 Å². The minimum absolute atomic E-state index is 0.165. The Kier molecular flexibility index (Phi) is 15.4. The molecule has 36 heavy (non-hydrogen) atoms. The molecule has 0 bridgehead atoms. The number of amides is 1. The molecule has 0 fully saturated rings. The second kappa shape index (κ2) is 17.4. The van der Waals surface area contributed by atoms with Crippen LogP contribution in [0.25, 0.3) is 0 Å². The van der Waals surface area contributed by atoms with E-state index < -0.39 is 23.6 Å². The normalized spacial score (nSPS) is 11.3. The number of carbonyl (C=O) groups excluding carboxylic acids is 3. The van der Waals surface area contributed by atoms with Gasteiger partial charge in [0.15, 0.2) is 0 Å². The highest BCUT2D eigenvalue weighted by Crippen LogP contribution is 2.35. The highest BCUT2D eigenvalue weighted by atomic mass is 32.1. The van der Waals surface area contributed by atoms with Gasteiger partial charge in [-0.2, -0.15) is 0 Å². The molecule has 1 aromatic rings. The van der Waals surface area contributed by atoms with E-state index in [0.29, 0.717) is 18.8 Å². The van der Waals surface area contributed by atoms with Crippen LogP contribution in [-0.4, -0.2) is 36.8 Å². The van der Waals surface area contributed by atoms with Crippen molar-refractivity contribution in [1.82, 2.24) is 0 Å². The van der Waals surface area contributed by atoms with E-state index in [1.54, 1.807) is 27.7 Å². The first-order valence-corrected chi connectivity index (χ1v) is 14.4. The standard InChI is InChI=1S/C28H47NO6S/c1-7-9-11-13-15-17-19-33-26(31)23-21(3)22(25(30)35-28(4,5)6)24(36-23)29-27(32)34-20-18-16-14-12-10-8-2/h7-20H2,1-6H3,(H,29,32). The van der Waals surface area contributed by atoms with Crippen molar-refractivity contribution in [3.8, 4) is 0 Å². The molecule has 0 spiro atoms. The summed E-state index contributed by atoms with van der Waals surface area (Å²) in [6.07, 6.45) is 12.4. The Bertz CT molecular complexity index is 812. The van der Waals surface area contributed by atoms with E-state index in [0.717, 1.165) is 49.9 Å². The number of hydrogen-bond donors (Lipinski definition) is 1. The average Bonchev–Trinajstić information content (AvgIpc) is 3.12. The molecule has 0 aliphatic carbocycles. The molecule has 0 aliphatic heterocycles. The van der Waals surface area contributed by atoms with Crippen molar-refractivity contribution in [3.63, 3.8) is 0 Å². The van der Waals surface area contributed by atoms with Gasteiger partial charge in [-0.25, -0.2) is 14.4 Å². The molecule has 0 aromatic carbocycles. The monoisotopic (exact) mass is 525 g/mol. The quantitative estimate of drug-likeness (QED) is 0.125. The molecule has 0 radical (unpaired) electrons. The fourth-order valence-electron chi connectivity index (χ4n) is 3.66. The predicted octanol–water partition coefficient (Wildman–Crippen LogP) is 8.44. The van der Waals surface area contributed by atoms with Gasteiger partial charge in [0.1, 0.15) is 15.5 Å². The maximum atomic E-state index is 12.9. The second-order valence-electron chi connectivity index (χ2n) is 10.2. The first kappa shape index (κ1) is 31.9. The number of thiophene rings is 1. The van der Waals surface area contributed by atoms with Crippen LogP contribution in [0.3, 0.4) is 0 Å². The van der Waals surface area contributed by atoms with E-state index >= 15 is 0 Å². The van der Waals surface area contributed by atoms with Crippen LogP contribution in [0.15, 0.2) is 0 Å². The van der Waals surface area contributed by atoms with Gasteiger partial charge < -0.3 is 14.2 Å². The molecule has 0 saturated heterocycles. The fraction of sp³-hybridized carbons (Fsp3) is 0.750. The number of ether oxygens (including phenoxy) is 3. The Morgan fingerprint density at radius 2 is 1.25 bits per heavy atom. The highest BCUT2D eigenvalue weighted by molar-refractivity contribution is 7.18. The van der Waals surface area contributed by atoms with E-state index in [1.165, 1.54) is 38.5 Å². The Morgan fingerprint density at radius 1 is 0.750 bits per heavy atom. The molecular weight excluding hydrogens is 478 g/mol. The van der Waals surface area contributed by atoms with Crippen molar-refractivity contribution in [3.05, 3.63) is 16.0 Å². The van der Waals surface area contributed by atoms with Gasteiger partial charge in [-0.3, -0.25) is 5.32 Å². The third-order valence-electron chi connectivity index (χ3n) is 5.61. The molecule has 8 heteroatoms. The van der Waals surface area contributed by atoms with E-state index in [-0.39, 0.29) is 15.4 Å². The molecule has 1 N–H and O–H groups in total. The SMILES string of the molecule is CCCCCCCCOC(=O)Nc1sc(C(=O)OCCCCCCCC)c(C)c1C(=O)OC(C)(C)C. The minimum Gasteiger partial charge on any atom is -0.462 e. The van der Waals surface area contributed by atoms with Gasteiger partial charge in [-0.15, -0.1) is 11.3 Å². The summed E-state index contributed by atoms with van der Waals surface area (Å²) >= 11 is 1.02. The number of rotatable bonds is 17.